The average Bonchev–Trinajstić information content (AvgIpc) is 4.03. The summed E-state index contributed by atoms with van der Waals surface area (Å²) in [7, 11) is 11.2. The Bertz CT molecular complexity index is 3520. The number of aromatic nitrogens is 8. The lowest BCUT2D eigenvalue weighted by Gasteiger charge is -2.17. The zero-order valence-corrected chi connectivity index (χ0v) is 42.2. The van der Waals surface area contributed by atoms with Crippen LogP contribution in [-0.2, 0) is 0 Å². The summed E-state index contributed by atoms with van der Waals surface area (Å²) in [4.78, 5) is 35.9. The highest BCUT2D eigenvalue weighted by molar-refractivity contribution is 6.57. The second-order valence-corrected chi connectivity index (χ2v) is 17.3. The van der Waals surface area contributed by atoms with Crippen LogP contribution in [0.4, 0.5) is 0 Å². The summed E-state index contributed by atoms with van der Waals surface area (Å²) in [5, 5.41) is -0.275. The summed E-state index contributed by atoms with van der Waals surface area (Å²) < 4.78 is 43.6. The van der Waals surface area contributed by atoms with E-state index >= 15 is 0 Å². The summed E-state index contributed by atoms with van der Waals surface area (Å²) >= 11 is 69.6. The van der Waals surface area contributed by atoms with Crippen LogP contribution in [0.5, 0.6) is 40.2 Å². The summed E-state index contributed by atoms with van der Waals surface area (Å²) in [6.45, 7) is 0. The smallest absolute Gasteiger partial charge is 0.208 e. The van der Waals surface area contributed by atoms with Crippen molar-refractivity contribution in [1.82, 2.24) is 38.7 Å². The van der Waals surface area contributed by atoms with Gasteiger partial charge in [-0.3, -0.25) is 0 Å². The summed E-state index contributed by atoms with van der Waals surface area (Å²) in [6, 6.07) is 0. The number of benzene rings is 4. The van der Waals surface area contributed by atoms with E-state index < -0.39 is 0 Å². The van der Waals surface area contributed by atoms with Crippen molar-refractivity contribution in [2.75, 3.05) is 56.9 Å². The molecule has 0 N–H and O–H groups in total. The molecule has 26 heteroatoms. The Kier molecular flexibility index (Phi) is 12.2. The number of hydrogen-bond donors (Lipinski definition) is 0. The first-order valence-corrected chi connectivity index (χ1v) is 22.1. The Balaban J connectivity index is 1.69. The molecule has 7 aromatic rings. The van der Waals surface area contributed by atoms with Crippen molar-refractivity contribution in [3.8, 4) is 85.8 Å². The normalized spacial score (nSPS) is 11.8. The predicted molar refractivity (Wildman–Crippen MR) is 258 cm³/mol. The number of ether oxygens (including phenoxy) is 7. The van der Waals surface area contributed by atoms with E-state index in [1.807, 2.05) is 0 Å². The van der Waals surface area contributed by atoms with Gasteiger partial charge in [0, 0.05) is 11.8 Å². The average molecular weight is 1100 g/mol. The first-order chi connectivity index (χ1) is 31.6. The lowest BCUT2D eigenvalue weighted by Crippen LogP contribution is -2.07. The minimum Gasteiger partial charge on any atom is -0.492 e. The van der Waals surface area contributed by atoms with Crippen molar-refractivity contribution >= 4 is 160 Å². The summed E-state index contributed by atoms with van der Waals surface area (Å²) in [6.07, 6.45) is 0. The molecular weight excluding hydrogens is 1080 g/mol. The second kappa shape index (κ2) is 17.3. The Morgan fingerprint density at radius 3 is 0.985 bits per heavy atom. The quantitative estimate of drug-likeness (QED) is 0.104. The molecule has 4 aromatic carbocycles. The highest BCUT2D eigenvalue weighted by Gasteiger charge is 2.37. The van der Waals surface area contributed by atoms with E-state index in [1.165, 1.54) is 61.6 Å². The van der Waals surface area contributed by atoms with Crippen LogP contribution >= 0.6 is 116 Å². The van der Waals surface area contributed by atoms with Crippen LogP contribution in [0.15, 0.2) is 0 Å². The second-order valence-electron chi connectivity index (χ2n) is 13.6. The highest BCUT2D eigenvalue weighted by atomic mass is 35.5. The van der Waals surface area contributed by atoms with Crippen LogP contribution in [0.1, 0.15) is 0 Å². The van der Waals surface area contributed by atoms with Crippen LogP contribution in [-0.4, -0.2) is 95.6 Å². The van der Waals surface area contributed by atoms with Gasteiger partial charge in [-0.15, -0.1) is 4.73 Å². The Morgan fingerprint density at radius 2 is 0.621 bits per heavy atom. The van der Waals surface area contributed by atoms with Crippen molar-refractivity contribution in [3.63, 3.8) is 0 Å². The van der Waals surface area contributed by atoms with Gasteiger partial charge in [-0.1, -0.05) is 104 Å². The monoisotopic (exact) mass is 1090 g/mol. The molecule has 0 fully saturated rings. The van der Waals surface area contributed by atoms with Gasteiger partial charge >= 0.3 is 0 Å². The molecule has 0 amide bonds. The maximum Gasteiger partial charge on any atom is 0.208 e. The van der Waals surface area contributed by atoms with Gasteiger partial charge in [-0.2, -0.15) is 0 Å². The van der Waals surface area contributed by atoms with E-state index in [2.05, 4.69) is 0 Å². The van der Waals surface area contributed by atoms with Crippen molar-refractivity contribution in [2.24, 2.45) is 0 Å². The summed E-state index contributed by atoms with van der Waals surface area (Å²) in [5.41, 5.74) is 0.257. The zero-order valence-electron chi connectivity index (χ0n) is 34.6. The third kappa shape index (κ3) is 6.33. The summed E-state index contributed by atoms with van der Waals surface area (Å²) in [5.74, 6) is 0.216. The van der Waals surface area contributed by atoms with Gasteiger partial charge in [0.15, 0.2) is 68.9 Å². The molecule has 0 saturated heterocycles. The molecule has 342 valence electrons. The Hall–Kier alpha value is -4.46. The van der Waals surface area contributed by atoms with Gasteiger partial charge in [0.05, 0.1) is 139 Å². The van der Waals surface area contributed by atoms with Gasteiger partial charge in [-0.25, -0.2) is 34.0 Å². The first-order valence-electron chi connectivity index (χ1n) is 18.3. The van der Waals surface area contributed by atoms with Gasteiger partial charge in [0.1, 0.15) is 7.11 Å². The lowest BCUT2D eigenvalue weighted by molar-refractivity contribution is 0.187. The Morgan fingerprint density at radius 1 is 0.303 bits per heavy atom. The van der Waals surface area contributed by atoms with Gasteiger partial charge < -0.3 is 38.0 Å². The lowest BCUT2D eigenvalue weighted by atomic mass is 10.0. The van der Waals surface area contributed by atoms with E-state index in [-0.39, 0.29) is 175 Å². The Labute approximate surface area is 421 Å². The molecule has 0 atom stereocenters. The van der Waals surface area contributed by atoms with Crippen LogP contribution < -0.4 is 38.0 Å². The fourth-order valence-corrected chi connectivity index (χ4v) is 10.5. The molecule has 5 heterocycles. The van der Waals surface area contributed by atoms with E-state index in [1.54, 1.807) is 0 Å². The molecule has 0 unspecified atom stereocenters. The molecular formula is C40H24Cl10N8O8. The third-order valence-electron chi connectivity index (χ3n) is 10.6. The molecule has 8 bridgehead atoms. The molecule has 3 aromatic heterocycles. The standard InChI is InChI=1S/C40H24Cl10N8O8/c1-59-26-14-11(21(45)29(62-4)30(26)63-5)35-52-36(14)54-38-16-15(27(60-2)31(64-6)32(65-7)28(16)61-3)37(57(38)50)53-33-9-10(18(42)23(47)22(46)17(9)41)34(51-33)55-39-12-13(40(56-35)58(39)66-8)20(44)25(49)24(48)19(12)43/h1-8H3. The van der Waals surface area contributed by atoms with Crippen LogP contribution in [0, 0.1) is 0 Å². The fraction of sp³-hybridized carbons (Fsp3) is 0.200. The maximum absolute atomic E-state index is 7.42. The molecule has 0 radical (unpaired) electrons. The van der Waals surface area contributed by atoms with E-state index in [4.69, 9.17) is 184 Å². The van der Waals surface area contributed by atoms with Gasteiger partial charge in [-0.05, 0) is 0 Å². The number of methoxy groups -OCH3 is 7. The minimum absolute atomic E-state index is 0.0140. The minimum atomic E-state index is -0.127. The number of nitrogens with zero attached hydrogens (tertiary/aromatic N) is 8. The zero-order chi connectivity index (χ0) is 47.5. The number of rotatable bonds is 8. The molecule has 0 saturated carbocycles. The van der Waals surface area contributed by atoms with Crippen molar-refractivity contribution < 1.29 is 38.0 Å². The number of hydrogen-bond acceptors (Lipinski definition) is 14. The maximum atomic E-state index is 7.42. The largest absolute Gasteiger partial charge is 0.492 e. The van der Waals surface area contributed by atoms with Crippen molar-refractivity contribution in [2.45, 2.75) is 0 Å². The molecule has 2 aliphatic rings. The molecule has 0 spiro atoms. The van der Waals surface area contributed by atoms with E-state index in [0.717, 1.165) is 4.09 Å². The number of fused-ring (bicyclic) bond motifs is 20. The van der Waals surface area contributed by atoms with E-state index in [0.29, 0.717) is 0 Å². The first kappa shape index (κ1) is 46.6. The molecule has 66 heavy (non-hydrogen) atoms. The van der Waals surface area contributed by atoms with Crippen molar-refractivity contribution in [1.29, 1.82) is 0 Å². The topological polar surface area (TPSA) is 161 Å². The van der Waals surface area contributed by atoms with Gasteiger partial charge in [0.25, 0.3) is 0 Å². The van der Waals surface area contributed by atoms with E-state index in [9.17, 15) is 0 Å². The third-order valence-corrected chi connectivity index (χ3v) is 14.9. The van der Waals surface area contributed by atoms with Crippen LogP contribution in [0.2, 0.25) is 45.2 Å². The molecule has 9 rings (SSSR count). The molecule has 2 aliphatic heterocycles. The predicted octanol–water partition coefficient (Wildman–Crippen LogP) is 12.8. The molecule has 0 aliphatic carbocycles. The fourth-order valence-electron chi connectivity index (χ4n) is 7.91. The van der Waals surface area contributed by atoms with Crippen LogP contribution in [0.25, 0.3) is 89.7 Å². The molecule has 16 nitrogen and oxygen atoms in total. The van der Waals surface area contributed by atoms with Crippen LogP contribution in [0.3, 0.4) is 0 Å². The SMILES string of the molecule is COc1c(Cl)c2c(c(OC)c1OC)-c1nc-2nc2c3c(Cl)c(Cl)c(Cl)c(Cl)c3c(nc3nc(nc4c5c(OC)c(OC)c(OC)c(OC)c5c(n1)n4Cl)-c1c(Cl)c(Cl)c(Cl)c(Cl)c1-3)n2OC. The number of halogens is 10. The van der Waals surface area contributed by atoms with Crippen molar-refractivity contribution in [3.05, 3.63) is 45.2 Å². The van der Waals surface area contributed by atoms with Gasteiger partial charge in [0.2, 0.25) is 17.2 Å². The highest BCUT2D eigenvalue weighted by Crippen LogP contribution is 2.58.